The fourth-order valence-electron chi connectivity index (χ4n) is 1.11. The molecule has 6 nitrogen and oxygen atoms in total. The van der Waals surface area contributed by atoms with Gasteiger partial charge in [0.15, 0.2) is 0 Å². The Morgan fingerprint density at radius 3 is 2.65 bits per heavy atom. The zero-order chi connectivity index (χ0) is 12.8. The maximum absolute atomic E-state index is 13.3. The van der Waals surface area contributed by atoms with Gasteiger partial charge in [0.25, 0.3) is 0 Å². The van der Waals surface area contributed by atoms with E-state index in [1.807, 2.05) is 0 Å². The third-order valence-corrected chi connectivity index (χ3v) is 1.91. The van der Waals surface area contributed by atoms with Gasteiger partial charge in [0, 0.05) is 17.7 Å². The fourth-order valence-corrected chi connectivity index (χ4v) is 1.11. The number of hydroxylamine groups is 1. The van der Waals surface area contributed by atoms with Crippen LogP contribution >= 0.6 is 0 Å². The zero-order valence-corrected chi connectivity index (χ0v) is 8.90. The quantitative estimate of drug-likeness (QED) is 0.458. The second-order valence-corrected chi connectivity index (χ2v) is 3.25. The molecule has 0 unspecified atom stereocenters. The van der Waals surface area contributed by atoms with E-state index in [2.05, 4.69) is 10.3 Å². The summed E-state index contributed by atoms with van der Waals surface area (Å²) in [5, 5.41) is 0. The minimum absolute atomic E-state index is 0.0137. The highest BCUT2D eigenvalue weighted by Gasteiger charge is 2.07. The van der Waals surface area contributed by atoms with Crippen molar-refractivity contribution in [1.29, 1.82) is 0 Å². The average Bonchev–Trinajstić information content (AvgIpc) is 2.25. The molecule has 7 heteroatoms. The molecule has 92 valence electrons. The molecule has 1 aromatic carbocycles. The number of hydrogen-bond acceptors (Lipinski definition) is 4. The summed E-state index contributed by atoms with van der Waals surface area (Å²) in [6.45, 7) is -0.336. The first kappa shape index (κ1) is 13.1. The van der Waals surface area contributed by atoms with Crippen LogP contribution in [0.15, 0.2) is 18.2 Å². The van der Waals surface area contributed by atoms with E-state index in [0.29, 0.717) is 0 Å². The number of carbonyl (C=O) groups is 2. The molecule has 1 aromatic rings. The summed E-state index contributed by atoms with van der Waals surface area (Å²) in [5.41, 5.74) is 12.6. The fraction of sp³-hybridized carbons (Fsp3) is 0.200. The number of nitrogens with two attached hydrogens (primary N) is 2. The van der Waals surface area contributed by atoms with Gasteiger partial charge < -0.3 is 11.5 Å². The summed E-state index contributed by atoms with van der Waals surface area (Å²) >= 11 is 0. The molecule has 0 saturated carbocycles. The molecule has 1 rings (SSSR count). The predicted octanol–water partition coefficient (Wildman–Crippen LogP) is -0.569. The largest absolute Gasteiger partial charge is 0.368 e. The smallest absolute Gasteiger partial charge is 0.248 e. The lowest BCUT2D eigenvalue weighted by atomic mass is 10.1. The molecule has 0 fully saturated rings. The van der Waals surface area contributed by atoms with Gasteiger partial charge in [0.05, 0.1) is 0 Å². The van der Waals surface area contributed by atoms with Gasteiger partial charge in [-0.25, -0.2) is 4.39 Å². The van der Waals surface area contributed by atoms with Crippen LogP contribution in [0.2, 0.25) is 0 Å². The summed E-state index contributed by atoms with van der Waals surface area (Å²) in [6.07, 6.45) is 0. The zero-order valence-electron chi connectivity index (χ0n) is 8.90. The lowest BCUT2D eigenvalue weighted by molar-refractivity contribution is -0.125. The Labute approximate surface area is 96.7 Å². The first-order valence-corrected chi connectivity index (χ1v) is 4.72. The molecule has 5 N–H and O–H groups in total. The van der Waals surface area contributed by atoms with E-state index in [4.69, 9.17) is 11.5 Å². The van der Waals surface area contributed by atoms with Crippen molar-refractivity contribution >= 4 is 11.8 Å². The highest BCUT2D eigenvalue weighted by Crippen LogP contribution is 2.10. The second-order valence-electron chi connectivity index (χ2n) is 3.25. The maximum atomic E-state index is 13.3. The number of amides is 2. The van der Waals surface area contributed by atoms with Crippen LogP contribution in [0.25, 0.3) is 0 Å². The molecule has 2 amide bonds. The first-order chi connectivity index (χ1) is 8.00. The van der Waals surface area contributed by atoms with E-state index in [9.17, 15) is 14.0 Å². The summed E-state index contributed by atoms with van der Waals surface area (Å²) in [7, 11) is 0. The molecule has 17 heavy (non-hydrogen) atoms. The van der Waals surface area contributed by atoms with Crippen LogP contribution < -0.4 is 16.9 Å². The van der Waals surface area contributed by atoms with Crippen molar-refractivity contribution in [1.82, 2.24) is 5.48 Å². The molecule has 0 atom stereocenters. The van der Waals surface area contributed by atoms with Gasteiger partial charge in [-0.2, -0.15) is 5.48 Å². The van der Waals surface area contributed by atoms with E-state index in [-0.39, 0.29) is 24.3 Å². The summed E-state index contributed by atoms with van der Waals surface area (Å²) in [5.74, 6) is -1.81. The van der Waals surface area contributed by atoms with Gasteiger partial charge >= 0.3 is 0 Å². The van der Waals surface area contributed by atoms with Crippen LogP contribution in [0.4, 0.5) is 4.39 Å². The number of nitrogens with one attached hydrogen (secondary N) is 1. The number of benzene rings is 1. The molecule has 0 radical (unpaired) electrons. The standard InChI is InChI=1S/C10H12FN3O3/c11-8-2-1-6(10(13)16)3-7(8)4-14-17-5-9(12)15/h1-3,14H,4-5H2,(H2,12,15)(H2,13,16). The Balaban J connectivity index is 2.60. The number of rotatable bonds is 6. The normalized spacial score (nSPS) is 10.2. The second kappa shape index (κ2) is 5.92. The third-order valence-electron chi connectivity index (χ3n) is 1.91. The predicted molar refractivity (Wildman–Crippen MR) is 56.9 cm³/mol. The lowest BCUT2D eigenvalue weighted by Gasteiger charge is -2.06. The minimum atomic E-state index is -0.649. The van der Waals surface area contributed by atoms with Gasteiger partial charge in [-0.05, 0) is 18.2 Å². The van der Waals surface area contributed by atoms with Gasteiger partial charge in [-0.1, -0.05) is 0 Å². The number of carbonyl (C=O) groups excluding carboxylic acids is 2. The number of halogens is 1. The van der Waals surface area contributed by atoms with E-state index >= 15 is 0 Å². The Morgan fingerprint density at radius 2 is 2.06 bits per heavy atom. The lowest BCUT2D eigenvalue weighted by Crippen LogP contribution is -2.25. The van der Waals surface area contributed by atoms with Crippen molar-refractivity contribution in [3.8, 4) is 0 Å². The topological polar surface area (TPSA) is 107 Å². The van der Waals surface area contributed by atoms with Crippen molar-refractivity contribution in [2.45, 2.75) is 6.54 Å². The maximum Gasteiger partial charge on any atom is 0.248 e. The summed E-state index contributed by atoms with van der Waals surface area (Å²) in [6, 6.07) is 3.72. The third kappa shape index (κ3) is 4.17. The van der Waals surface area contributed by atoms with Gasteiger partial charge in [0.2, 0.25) is 11.8 Å². The van der Waals surface area contributed by atoms with E-state index < -0.39 is 17.6 Å². The van der Waals surface area contributed by atoms with Gasteiger partial charge in [-0.3, -0.25) is 14.4 Å². The van der Waals surface area contributed by atoms with Crippen LogP contribution in [-0.4, -0.2) is 18.4 Å². The monoisotopic (exact) mass is 241 g/mol. The van der Waals surface area contributed by atoms with Crippen LogP contribution in [-0.2, 0) is 16.2 Å². The Morgan fingerprint density at radius 1 is 1.35 bits per heavy atom. The Hall–Kier alpha value is -1.99. The minimum Gasteiger partial charge on any atom is -0.368 e. The van der Waals surface area contributed by atoms with E-state index in [1.54, 1.807) is 0 Å². The van der Waals surface area contributed by atoms with Crippen LogP contribution in [0.3, 0.4) is 0 Å². The van der Waals surface area contributed by atoms with Crippen molar-refractivity contribution in [2.75, 3.05) is 6.61 Å². The molecular formula is C10H12FN3O3. The Bertz CT molecular complexity index is 437. The van der Waals surface area contributed by atoms with E-state index in [0.717, 1.165) is 6.07 Å². The van der Waals surface area contributed by atoms with Crippen LogP contribution in [0.1, 0.15) is 15.9 Å². The molecule has 0 aliphatic carbocycles. The van der Waals surface area contributed by atoms with Crippen molar-refractivity contribution in [3.05, 3.63) is 35.1 Å². The Kier molecular flexibility index (Phi) is 4.56. The SMILES string of the molecule is NC(=O)CONCc1cc(C(N)=O)ccc1F. The molecule has 0 heterocycles. The molecular weight excluding hydrogens is 229 g/mol. The molecule has 0 aliphatic heterocycles. The highest BCUT2D eigenvalue weighted by molar-refractivity contribution is 5.92. The molecule has 0 aromatic heterocycles. The summed E-state index contributed by atoms with van der Waals surface area (Å²) < 4.78 is 13.3. The van der Waals surface area contributed by atoms with Gasteiger partial charge in [0.1, 0.15) is 12.4 Å². The first-order valence-electron chi connectivity index (χ1n) is 4.72. The molecule has 0 saturated heterocycles. The average molecular weight is 241 g/mol. The number of hydrogen-bond donors (Lipinski definition) is 3. The van der Waals surface area contributed by atoms with Gasteiger partial charge in [-0.15, -0.1) is 0 Å². The molecule has 0 aliphatic rings. The van der Waals surface area contributed by atoms with Crippen LogP contribution in [0, 0.1) is 5.82 Å². The number of primary amides is 2. The van der Waals surface area contributed by atoms with E-state index in [1.165, 1.54) is 12.1 Å². The van der Waals surface area contributed by atoms with Crippen molar-refractivity contribution in [3.63, 3.8) is 0 Å². The van der Waals surface area contributed by atoms with Crippen molar-refractivity contribution in [2.24, 2.45) is 11.5 Å². The highest BCUT2D eigenvalue weighted by atomic mass is 19.1. The van der Waals surface area contributed by atoms with Crippen molar-refractivity contribution < 1.29 is 18.8 Å². The molecule has 0 bridgehead atoms. The summed E-state index contributed by atoms with van der Waals surface area (Å²) in [4.78, 5) is 25.9. The van der Waals surface area contributed by atoms with Crippen LogP contribution in [0.5, 0.6) is 0 Å². The molecule has 0 spiro atoms.